The second-order valence-corrected chi connectivity index (χ2v) is 7.30. The lowest BCUT2D eigenvalue weighted by atomic mass is 10.0. The summed E-state index contributed by atoms with van der Waals surface area (Å²) in [5.41, 5.74) is 1.55. The molecular weight excluding hydrogens is 258 g/mol. The number of fused-ring (bicyclic) bond motifs is 1. The molecule has 0 saturated heterocycles. The van der Waals surface area contributed by atoms with Gasteiger partial charge in [0.25, 0.3) is 0 Å². The molecular formula is C15H23NS2. The first-order chi connectivity index (χ1) is 8.81. The average molecular weight is 281 g/mol. The summed E-state index contributed by atoms with van der Waals surface area (Å²) in [5, 5.41) is 3.70. The van der Waals surface area contributed by atoms with Gasteiger partial charge in [-0.05, 0) is 36.5 Å². The highest BCUT2D eigenvalue weighted by Gasteiger charge is 2.22. The SMILES string of the molecule is CCSCCC(C)NCC1CSc2ccccc21. The van der Waals surface area contributed by atoms with Crippen LogP contribution in [0.3, 0.4) is 0 Å². The van der Waals surface area contributed by atoms with Crippen molar-refractivity contribution >= 4 is 23.5 Å². The summed E-state index contributed by atoms with van der Waals surface area (Å²) >= 11 is 4.04. The monoisotopic (exact) mass is 281 g/mol. The molecule has 0 aliphatic carbocycles. The van der Waals surface area contributed by atoms with Crippen molar-refractivity contribution in [3.8, 4) is 0 Å². The van der Waals surface area contributed by atoms with Crippen molar-refractivity contribution in [3.05, 3.63) is 29.8 Å². The number of hydrogen-bond donors (Lipinski definition) is 1. The van der Waals surface area contributed by atoms with Crippen LogP contribution in [0.15, 0.2) is 29.2 Å². The van der Waals surface area contributed by atoms with Crippen molar-refractivity contribution in [2.75, 3.05) is 23.8 Å². The fourth-order valence-electron chi connectivity index (χ4n) is 2.25. The Morgan fingerprint density at radius 1 is 1.44 bits per heavy atom. The van der Waals surface area contributed by atoms with Crippen LogP contribution in [0.1, 0.15) is 31.7 Å². The maximum atomic E-state index is 3.70. The van der Waals surface area contributed by atoms with E-state index in [4.69, 9.17) is 0 Å². The molecule has 1 aromatic carbocycles. The van der Waals surface area contributed by atoms with Gasteiger partial charge in [0.05, 0.1) is 0 Å². The molecule has 2 rings (SSSR count). The lowest BCUT2D eigenvalue weighted by molar-refractivity contribution is 0.513. The zero-order valence-corrected chi connectivity index (χ0v) is 12.9. The van der Waals surface area contributed by atoms with Crippen LogP contribution < -0.4 is 5.32 Å². The Morgan fingerprint density at radius 3 is 3.11 bits per heavy atom. The maximum Gasteiger partial charge on any atom is 0.0108 e. The third-order valence-corrected chi connectivity index (χ3v) is 5.60. The predicted molar refractivity (Wildman–Crippen MR) is 85.0 cm³/mol. The van der Waals surface area contributed by atoms with E-state index >= 15 is 0 Å². The Bertz CT molecular complexity index is 367. The summed E-state index contributed by atoms with van der Waals surface area (Å²) in [5.74, 6) is 4.45. The lowest BCUT2D eigenvalue weighted by Gasteiger charge is -2.17. The van der Waals surface area contributed by atoms with Crippen molar-refractivity contribution in [2.24, 2.45) is 0 Å². The van der Waals surface area contributed by atoms with Crippen LogP contribution in [0.2, 0.25) is 0 Å². The zero-order chi connectivity index (χ0) is 12.8. The van der Waals surface area contributed by atoms with Gasteiger partial charge in [0.1, 0.15) is 0 Å². The second-order valence-electron chi connectivity index (χ2n) is 4.84. The Balaban J connectivity index is 1.75. The normalized spacial score (nSPS) is 19.8. The van der Waals surface area contributed by atoms with Gasteiger partial charge in [0.2, 0.25) is 0 Å². The first kappa shape index (κ1) is 14.3. The molecule has 0 bridgehead atoms. The van der Waals surface area contributed by atoms with Crippen molar-refractivity contribution in [1.29, 1.82) is 0 Å². The third-order valence-electron chi connectivity index (χ3n) is 3.41. The largest absolute Gasteiger partial charge is 0.314 e. The van der Waals surface area contributed by atoms with Gasteiger partial charge < -0.3 is 5.32 Å². The Hall–Kier alpha value is -0.120. The Labute approximate surface area is 120 Å². The first-order valence-corrected chi connectivity index (χ1v) is 8.98. The quantitative estimate of drug-likeness (QED) is 0.759. The lowest BCUT2D eigenvalue weighted by Crippen LogP contribution is -2.31. The molecule has 0 spiro atoms. The van der Waals surface area contributed by atoms with E-state index in [1.54, 1.807) is 5.56 Å². The highest BCUT2D eigenvalue weighted by molar-refractivity contribution is 7.99. The van der Waals surface area contributed by atoms with E-state index in [0.29, 0.717) is 12.0 Å². The molecule has 0 saturated carbocycles. The molecule has 100 valence electrons. The van der Waals surface area contributed by atoms with Crippen LogP contribution in [0.25, 0.3) is 0 Å². The van der Waals surface area contributed by atoms with Gasteiger partial charge in [-0.3, -0.25) is 0 Å². The molecule has 3 heteroatoms. The summed E-state index contributed by atoms with van der Waals surface area (Å²) < 4.78 is 0. The van der Waals surface area contributed by atoms with Crippen molar-refractivity contribution in [3.63, 3.8) is 0 Å². The summed E-state index contributed by atoms with van der Waals surface area (Å²) in [7, 11) is 0. The van der Waals surface area contributed by atoms with E-state index in [-0.39, 0.29) is 0 Å². The van der Waals surface area contributed by atoms with Gasteiger partial charge in [-0.15, -0.1) is 11.8 Å². The maximum absolute atomic E-state index is 3.70. The number of thioether (sulfide) groups is 2. The molecule has 1 N–H and O–H groups in total. The highest BCUT2D eigenvalue weighted by Crippen LogP contribution is 2.38. The Morgan fingerprint density at radius 2 is 2.28 bits per heavy atom. The minimum atomic E-state index is 0.641. The van der Waals surface area contributed by atoms with Gasteiger partial charge in [0.15, 0.2) is 0 Å². The molecule has 18 heavy (non-hydrogen) atoms. The Kier molecular flexibility index (Phi) is 5.93. The van der Waals surface area contributed by atoms with E-state index in [1.165, 1.54) is 28.6 Å². The topological polar surface area (TPSA) is 12.0 Å². The van der Waals surface area contributed by atoms with E-state index < -0.39 is 0 Å². The van der Waals surface area contributed by atoms with Crippen LogP contribution in [0.4, 0.5) is 0 Å². The van der Waals surface area contributed by atoms with Crippen LogP contribution in [-0.4, -0.2) is 29.8 Å². The van der Waals surface area contributed by atoms with Gasteiger partial charge in [-0.25, -0.2) is 0 Å². The second kappa shape index (κ2) is 7.46. The summed E-state index contributed by atoms with van der Waals surface area (Å²) in [6.07, 6.45) is 1.28. The molecule has 1 aromatic rings. The highest BCUT2D eigenvalue weighted by atomic mass is 32.2. The fourth-order valence-corrected chi connectivity index (χ4v) is 4.31. The van der Waals surface area contributed by atoms with Gasteiger partial charge in [0, 0.05) is 29.2 Å². The van der Waals surface area contributed by atoms with Crippen molar-refractivity contribution < 1.29 is 0 Å². The molecule has 0 aromatic heterocycles. The predicted octanol–water partition coefficient (Wildman–Crippen LogP) is 4.00. The van der Waals surface area contributed by atoms with Crippen LogP contribution >= 0.6 is 23.5 Å². The van der Waals surface area contributed by atoms with E-state index in [1.807, 2.05) is 23.5 Å². The summed E-state index contributed by atoms with van der Waals surface area (Å²) in [6.45, 7) is 5.67. The van der Waals surface area contributed by atoms with E-state index in [0.717, 1.165) is 6.54 Å². The molecule has 0 fully saturated rings. The number of hydrogen-bond acceptors (Lipinski definition) is 3. The fraction of sp³-hybridized carbons (Fsp3) is 0.600. The smallest absolute Gasteiger partial charge is 0.0108 e. The third kappa shape index (κ3) is 3.94. The van der Waals surface area contributed by atoms with E-state index in [2.05, 4.69) is 43.4 Å². The summed E-state index contributed by atoms with van der Waals surface area (Å²) in [4.78, 5) is 1.48. The zero-order valence-electron chi connectivity index (χ0n) is 11.3. The van der Waals surface area contributed by atoms with Crippen LogP contribution in [0.5, 0.6) is 0 Å². The van der Waals surface area contributed by atoms with Gasteiger partial charge >= 0.3 is 0 Å². The van der Waals surface area contributed by atoms with Crippen LogP contribution in [0, 0.1) is 0 Å². The molecule has 1 aliphatic rings. The minimum absolute atomic E-state index is 0.641. The molecule has 0 radical (unpaired) electrons. The summed E-state index contributed by atoms with van der Waals surface area (Å²) in [6, 6.07) is 9.49. The standard InChI is InChI=1S/C15H23NS2/c1-3-17-9-8-12(2)16-10-13-11-18-15-7-5-4-6-14(13)15/h4-7,12-13,16H,3,8-11H2,1-2H3. The van der Waals surface area contributed by atoms with Gasteiger partial charge in [-0.1, -0.05) is 25.1 Å². The minimum Gasteiger partial charge on any atom is -0.314 e. The first-order valence-electron chi connectivity index (χ1n) is 6.84. The molecule has 2 unspecified atom stereocenters. The van der Waals surface area contributed by atoms with E-state index in [9.17, 15) is 0 Å². The number of nitrogens with one attached hydrogen (secondary N) is 1. The molecule has 1 nitrogen and oxygen atoms in total. The van der Waals surface area contributed by atoms with Crippen molar-refractivity contribution in [2.45, 2.75) is 37.1 Å². The number of benzene rings is 1. The molecule has 0 amide bonds. The average Bonchev–Trinajstić information content (AvgIpc) is 2.80. The molecule has 1 aliphatic heterocycles. The number of rotatable bonds is 7. The van der Waals surface area contributed by atoms with Crippen molar-refractivity contribution in [1.82, 2.24) is 5.32 Å². The van der Waals surface area contributed by atoms with Crippen LogP contribution in [-0.2, 0) is 0 Å². The molecule has 2 atom stereocenters. The molecule has 1 heterocycles. The van der Waals surface area contributed by atoms with Gasteiger partial charge in [-0.2, -0.15) is 11.8 Å².